The number of carbonyl (C=O) groups excluding carboxylic acids is 1. The minimum atomic E-state index is -0.584. The molecule has 1 heterocycles. The van der Waals surface area contributed by atoms with Crippen LogP contribution in [0.2, 0.25) is 0 Å². The Labute approximate surface area is 170 Å². The predicted octanol–water partition coefficient (Wildman–Crippen LogP) is 1.75. The van der Waals surface area contributed by atoms with E-state index in [1.807, 2.05) is 14.0 Å². The van der Waals surface area contributed by atoms with Gasteiger partial charge in [-0.1, -0.05) is 13.8 Å². The molecule has 1 amide bonds. The first-order chi connectivity index (χ1) is 13.3. The summed E-state index contributed by atoms with van der Waals surface area (Å²) in [5.41, 5.74) is 0.215. The lowest BCUT2D eigenvalue weighted by atomic mass is 9.47. The number of aliphatic hydroxyl groups excluding tert-OH is 2. The van der Waals surface area contributed by atoms with Crippen molar-refractivity contribution in [2.24, 2.45) is 16.7 Å². The molecule has 0 bridgehead atoms. The molecule has 0 aliphatic heterocycles. The van der Waals surface area contributed by atoms with Gasteiger partial charge in [-0.05, 0) is 30.6 Å². The Morgan fingerprint density at radius 1 is 1.43 bits per heavy atom. The summed E-state index contributed by atoms with van der Waals surface area (Å²) in [5.74, 6) is 0.0365. The van der Waals surface area contributed by atoms with Crippen molar-refractivity contribution in [3.8, 4) is 0 Å². The Morgan fingerprint density at radius 2 is 2.18 bits per heavy atom. The van der Waals surface area contributed by atoms with Crippen molar-refractivity contribution in [2.75, 3.05) is 39.2 Å². The number of aromatic nitrogens is 1. The number of ether oxygens (including phenoxy) is 1. The van der Waals surface area contributed by atoms with Crippen LogP contribution in [0.3, 0.4) is 0 Å². The maximum Gasteiger partial charge on any atom is 0.220 e. The van der Waals surface area contributed by atoms with Crippen molar-refractivity contribution < 1.29 is 19.7 Å². The van der Waals surface area contributed by atoms with Crippen LogP contribution < -0.4 is 10.6 Å². The van der Waals surface area contributed by atoms with E-state index < -0.39 is 11.5 Å². The van der Waals surface area contributed by atoms with Crippen LogP contribution in [0, 0.1) is 16.7 Å². The molecule has 2 aliphatic rings. The first kappa shape index (κ1) is 21.5. The van der Waals surface area contributed by atoms with Gasteiger partial charge in [0.05, 0.1) is 25.0 Å². The Morgan fingerprint density at radius 3 is 2.82 bits per heavy atom. The van der Waals surface area contributed by atoms with Gasteiger partial charge in [0, 0.05) is 43.3 Å². The summed E-state index contributed by atoms with van der Waals surface area (Å²) in [6.45, 7) is 5.11. The van der Waals surface area contributed by atoms with Crippen LogP contribution in [-0.4, -0.2) is 61.1 Å². The summed E-state index contributed by atoms with van der Waals surface area (Å²) in [6, 6.07) is 0. The number of rotatable bonds is 7. The number of nitrogens with one attached hydrogen (secondary N) is 2. The maximum atomic E-state index is 12.7. The fourth-order valence-electron chi connectivity index (χ4n) is 5.30. The van der Waals surface area contributed by atoms with Crippen LogP contribution in [-0.2, 0) is 16.0 Å². The van der Waals surface area contributed by atoms with E-state index in [4.69, 9.17) is 9.72 Å². The molecule has 5 atom stereocenters. The number of amides is 1. The number of carbonyl (C=O) groups is 1. The third kappa shape index (κ3) is 3.56. The fraction of sp³-hybridized carbons (Fsp3) is 0.800. The molecule has 0 aromatic carbocycles. The summed E-state index contributed by atoms with van der Waals surface area (Å²) < 4.78 is 5.03. The van der Waals surface area contributed by atoms with Crippen LogP contribution >= 0.6 is 11.3 Å². The largest absolute Gasteiger partial charge is 0.396 e. The Balaban J connectivity index is 1.97. The highest BCUT2D eigenvalue weighted by Gasteiger charge is 2.59. The fourth-order valence-corrected chi connectivity index (χ4v) is 6.32. The molecule has 7 nitrogen and oxygen atoms in total. The zero-order chi connectivity index (χ0) is 20.5. The minimum absolute atomic E-state index is 0.00861. The second-order valence-electron chi connectivity index (χ2n) is 8.66. The zero-order valence-corrected chi connectivity index (χ0v) is 18.1. The summed E-state index contributed by atoms with van der Waals surface area (Å²) >= 11 is 1.62. The second-order valence-corrected chi connectivity index (χ2v) is 9.74. The number of aliphatic hydroxyl groups is 2. The van der Waals surface area contributed by atoms with Crippen LogP contribution in [0.1, 0.15) is 49.6 Å². The molecule has 8 heteroatoms. The lowest BCUT2D eigenvalue weighted by molar-refractivity contribution is -0.144. The van der Waals surface area contributed by atoms with E-state index in [2.05, 4.69) is 17.6 Å². The van der Waals surface area contributed by atoms with E-state index >= 15 is 0 Å². The van der Waals surface area contributed by atoms with Gasteiger partial charge < -0.3 is 25.6 Å². The van der Waals surface area contributed by atoms with E-state index in [9.17, 15) is 15.0 Å². The van der Waals surface area contributed by atoms with Gasteiger partial charge in [-0.2, -0.15) is 0 Å². The molecule has 0 saturated heterocycles. The van der Waals surface area contributed by atoms with Gasteiger partial charge in [0.1, 0.15) is 0 Å². The maximum absolute atomic E-state index is 12.7. The number of thiazole rings is 1. The first-order valence-electron chi connectivity index (χ1n) is 10.0. The van der Waals surface area contributed by atoms with Crippen molar-refractivity contribution in [1.82, 2.24) is 10.3 Å². The normalized spacial score (nSPS) is 34.4. The number of hydrogen-bond acceptors (Lipinski definition) is 7. The van der Waals surface area contributed by atoms with Gasteiger partial charge in [0.2, 0.25) is 5.91 Å². The monoisotopic (exact) mass is 411 g/mol. The summed E-state index contributed by atoms with van der Waals surface area (Å²) in [5, 5.41) is 27.8. The SMILES string of the molecule is CNc1nc2c(s1)C[C@@H]1[C@](C)(CO)[C@H](O)CC[C@@]1(C)[C@@H]2CC(=O)NCCOC. The van der Waals surface area contributed by atoms with Gasteiger partial charge in [0.15, 0.2) is 5.13 Å². The molecule has 0 radical (unpaired) electrons. The molecule has 1 aromatic heterocycles. The summed E-state index contributed by atoms with van der Waals surface area (Å²) in [7, 11) is 3.47. The Kier molecular flexibility index (Phi) is 6.34. The van der Waals surface area contributed by atoms with Crippen molar-refractivity contribution in [1.29, 1.82) is 0 Å². The molecule has 1 aromatic rings. The molecule has 4 N–H and O–H groups in total. The van der Waals surface area contributed by atoms with Crippen LogP contribution in [0.4, 0.5) is 5.13 Å². The zero-order valence-electron chi connectivity index (χ0n) is 17.2. The standard InChI is InChI=1S/C20H33N3O4S/c1-19-6-5-15(25)20(2,11-24)14(19)10-13-17(23-18(21-3)28-13)12(19)9-16(26)22-7-8-27-4/h12,14-15,24-25H,5-11H2,1-4H3,(H,21,23)(H,22,26)/t12-,14+,15-,19+,20+/m1/s1. The third-order valence-corrected chi connectivity index (χ3v) is 8.24. The number of anilines is 1. The number of hydrogen-bond donors (Lipinski definition) is 4. The summed E-state index contributed by atoms with van der Waals surface area (Å²) in [4.78, 5) is 18.6. The second kappa shape index (κ2) is 8.26. The average Bonchev–Trinajstić information content (AvgIpc) is 3.10. The van der Waals surface area contributed by atoms with Gasteiger partial charge in [-0.25, -0.2) is 4.98 Å². The molecule has 1 saturated carbocycles. The lowest BCUT2D eigenvalue weighted by Gasteiger charge is -2.58. The molecule has 3 rings (SSSR count). The van der Waals surface area contributed by atoms with E-state index in [0.717, 1.165) is 28.5 Å². The highest BCUT2D eigenvalue weighted by atomic mass is 32.1. The minimum Gasteiger partial charge on any atom is -0.396 e. The van der Waals surface area contributed by atoms with Crippen LogP contribution in [0.25, 0.3) is 0 Å². The average molecular weight is 412 g/mol. The van der Waals surface area contributed by atoms with E-state index in [0.29, 0.717) is 26.0 Å². The Hall–Kier alpha value is -1.22. The highest BCUT2D eigenvalue weighted by molar-refractivity contribution is 7.15. The van der Waals surface area contributed by atoms with Crippen LogP contribution in [0.5, 0.6) is 0 Å². The number of methoxy groups -OCH3 is 1. The topological polar surface area (TPSA) is 104 Å². The molecule has 1 fully saturated rings. The van der Waals surface area contributed by atoms with E-state index in [1.54, 1.807) is 18.4 Å². The first-order valence-corrected chi connectivity index (χ1v) is 10.8. The Bertz CT molecular complexity index is 712. The van der Waals surface area contributed by atoms with Crippen LogP contribution in [0.15, 0.2) is 0 Å². The molecular formula is C20H33N3O4S. The quantitative estimate of drug-likeness (QED) is 0.510. The molecule has 158 valence electrons. The van der Waals surface area contributed by atoms with Crippen molar-refractivity contribution in [3.63, 3.8) is 0 Å². The predicted molar refractivity (Wildman–Crippen MR) is 110 cm³/mol. The number of nitrogens with zero attached hydrogens (tertiary/aromatic N) is 1. The van der Waals surface area contributed by atoms with Crippen molar-refractivity contribution >= 4 is 22.4 Å². The lowest BCUT2D eigenvalue weighted by Crippen LogP contribution is -2.57. The highest BCUT2D eigenvalue weighted by Crippen LogP contribution is 2.62. The van der Waals surface area contributed by atoms with Crippen molar-refractivity contribution in [3.05, 3.63) is 10.6 Å². The van der Waals surface area contributed by atoms with Crippen molar-refractivity contribution in [2.45, 2.75) is 51.6 Å². The number of fused-ring (bicyclic) bond motifs is 2. The van der Waals surface area contributed by atoms with Gasteiger partial charge in [0.25, 0.3) is 0 Å². The smallest absolute Gasteiger partial charge is 0.220 e. The third-order valence-electron chi connectivity index (χ3n) is 7.13. The van der Waals surface area contributed by atoms with Gasteiger partial charge in [-0.3, -0.25) is 4.79 Å². The van der Waals surface area contributed by atoms with E-state index in [1.165, 1.54) is 0 Å². The molecule has 2 aliphatic carbocycles. The molecular weight excluding hydrogens is 378 g/mol. The van der Waals surface area contributed by atoms with Gasteiger partial charge in [-0.15, -0.1) is 11.3 Å². The molecule has 0 spiro atoms. The molecule has 28 heavy (non-hydrogen) atoms. The van der Waals surface area contributed by atoms with E-state index in [-0.39, 0.29) is 29.8 Å². The summed E-state index contributed by atoms with van der Waals surface area (Å²) in [6.07, 6.45) is 2.04. The van der Waals surface area contributed by atoms with Gasteiger partial charge >= 0.3 is 0 Å². The molecule has 0 unspecified atom stereocenters.